The zero-order valence-corrected chi connectivity index (χ0v) is 29.8. The number of hydrogen-bond acceptors (Lipinski definition) is 13. The van der Waals surface area contributed by atoms with Gasteiger partial charge in [0.1, 0.15) is 47.3 Å². The standard InChI is InChI=1S/C38H43N3O11/c1-23(42)31(32-30(43)33(48-22-49-52-35(44)37(2,3)4)34(50-32)41-21-20-29(39)40-36(41)45)51-38(24-10-8-7-9-11-24,25-12-16-27(46-5)17-13-25)26-14-18-28(47-6)19-15-26/h7-21,30-34,43H,22H2,1-6H3,(H2,39,40,45)/t30-,31?,32+,33-,34-/m1/s1. The van der Waals surface area contributed by atoms with Gasteiger partial charge in [-0.15, -0.1) is 0 Å². The van der Waals surface area contributed by atoms with Crippen LogP contribution < -0.4 is 20.9 Å². The van der Waals surface area contributed by atoms with Gasteiger partial charge in [0.15, 0.2) is 18.8 Å². The maximum absolute atomic E-state index is 13.8. The lowest BCUT2D eigenvalue weighted by Crippen LogP contribution is -2.49. The van der Waals surface area contributed by atoms with Crippen molar-refractivity contribution in [2.24, 2.45) is 5.41 Å². The van der Waals surface area contributed by atoms with Gasteiger partial charge in [-0.2, -0.15) is 9.87 Å². The molecule has 0 bridgehead atoms. The van der Waals surface area contributed by atoms with Crippen molar-refractivity contribution in [2.45, 2.75) is 63.9 Å². The summed E-state index contributed by atoms with van der Waals surface area (Å²) in [6.07, 6.45) is -5.83. The Morgan fingerprint density at radius 3 is 1.96 bits per heavy atom. The van der Waals surface area contributed by atoms with E-state index in [0.717, 1.165) is 4.57 Å². The predicted molar refractivity (Wildman–Crippen MR) is 187 cm³/mol. The third-order valence-corrected chi connectivity index (χ3v) is 8.61. The molecule has 0 spiro atoms. The molecule has 0 radical (unpaired) electrons. The van der Waals surface area contributed by atoms with E-state index in [9.17, 15) is 19.5 Å². The monoisotopic (exact) mass is 717 g/mol. The first kappa shape index (κ1) is 38.1. The molecule has 5 atom stereocenters. The van der Waals surface area contributed by atoms with Crippen LogP contribution in [-0.2, 0) is 39.2 Å². The van der Waals surface area contributed by atoms with E-state index in [1.807, 2.05) is 54.6 Å². The van der Waals surface area contributed by atoms with Gasteiger partial charge >= 0.3 is 11.7 Å². The number of aromatic nitrogens is 2. The highest BCUT2D eigenvalue weighted by atomic mass is 17.2. The van der Waals surface area contributed by atoms with Gasteiger partial charge in [-0.3, -0.25) is 14.2 Å². The van der Waals surface area contributed by atoms with E-state index in [4.69, 9.17) is 39.2 Å². The lowest BCUT2D eigenvalue weighted by atomic mass is 9.79. The SMILES string of the molecule is COc1ccc(C(OC(C(C)=O)[C@H]2O[C@@H](n3ccc(N)nc3=O)[C@H](OCOOC(=O)C(C)(C)C)[C@@H]2O)(c2ccccc2)c2ccc(OC)cc2)cc1. The van der Waals surface area contributed by atoms with Crippen molar-refractivity contribution in [1.82, 2.24) is 9.55 Å². The van der Waals surface area contributed by atoms with Crippen LogP contribution in [0.15, 0.2) is 95.9 Å². The molecule has 276 valence electrons. The van der Waals surface area contributed by atoms with Crippen molar-refractivity contribution in [3.63, 3.8) is 0 Å². The molecule has 1 saturated heterocycles. The van der Waals surface area contributed by atoms with Gasteiger partial charge in [0.25, 0.3) is 0 Å². The number of hydrogen-bond donors (Lipinski definition) is 2. The van der Waals surface area contributed by atoms with Crippen LogP contribution in [0, 0.1) is 5.41 Å². The molecule has 0 amide bonds. The number of Topliss-reactive ketones (excluding diaryl/α,β-unsaturated/α-hetero) is 1. The van der Waals surface area contributed by atoms with Gasteiger partial charge in [-0.1, -0.05) is 54.6 Å². The Labute approximate surface area is 300 Å². The number of rotatable bonds is 14. The van der Waals surface area contributed by atoms with E-state index in [0.29, 0.717) is 28.2 Å². The van der Waals surface area contributed by atoms with Crippen LogP contribution >= 0.6 is 0 Å². The second-order valence-corrected chi connectivity index (χ2v) is 13.2. The van der Waals surface area contributed by atoms with Crippen LogP contribution in [0.5, 0.6) is 11.5 Å². The van der Waals surface area contributed by atoms with Gasteiger partial charge in [0.05, 0.1) is 19.6 Å². The van der Waals surface area contributed by atoms with E-state index >= 15 is 0 Å². The molecule has 0 aliphatic carbocycles. The first-order valence-electron chi connectivity index (χ1n) is 16.5. The molecule has 1 aliphatic heterocycles. The molecule has 0 saturated carbocycles. The molecule has 4 aromatic rings. The highest BCUT2D eigenvalue weighted by Crippen LogP contribution is 2.45. The normalized spacial score (nSPS) is 19.5. The van der Waals surface area contributed by atoms with Crippen LogP contribution in [0.3, 0.4) is 0 Å². The van der Waals surface area contributed by atoms with Crippen molar-refractivity contribution < 1.29 is 48.2 Å². The van der Waals surface area contributed by atoms with Crippen LogP contribution in [0.4, 0.5) is 5.82 Å². The smallest absolute Gasteiger partial charge is 0.351 e. The van der Waals surface area contributed by atoms with Crippen molar-refractivity contribution in [3.8, 4) is 11.5 Å². The number of aliphatic hydroxyl groups excluding tert-OH is 1. The number of ketones is 1. The van der Waals surface area contributed by atoms with E-state index in [-0.39, 0.29) is 5.82 Å². The van der Waals surface area contributed by atoms with E-state index in [2.05, 4.69) is 4.98 Å². The van der Waals surface area contributed by atoms with Gasteiger partial charge in [-0.05, 0) is 74.7 Å². The second kappa shape index (κ2) is 16.0. The lowest BCUT2D eigenvalue weighted by molar-refractivity contribution is -0.326. The number of methoxy groups -OCH3 is 2. The number of nitrogens with two attached hydrogens (primary N) is 1. The Hall–Kier alpha value is -5.12. The molecule has 1 aromatic heterocycles. The van der Waals surface area contributed by atoms with Crippen LogP contribution in [0.25, 0.3) is 0 Å². The number of carbonyl (C=O) groups excluding carboxylic acids is 2. The predicted octanol–water partition coefficient (Wildman–Crippen LogP) is 3.93. The second-order valence-electron chi connectivity index (χ2n) is 13.2. The summed E-state index contributed by atoms with van der Waals surface area (Å²) in [4.78, 5) is 52.7. The fourth-order valence-corrected chi connectivity index (χ4v) is 5.86. The molecule has 3 N–H and O–H groups in total. The zero-order chi connectivity index (χ0) is 37.6. The maximum atomic E-state index is 13.8. The average Bonchev–Trinajstić information content (AvgIpc) is 3.45. The third kappa shape index (κ3) is 8.01. The van der Waals surface area contributed by atoms with E-state index < -0.39 is 65.9 Å². The highest BCUT2D eigenvalue weighted by Gasteiger charge is 2.53. The fraction of sp³-hybridized carbons (Fsp3) is 0.368. The Morgan fingerprint density at radius 1 is 0.904 bits per heavy atom. The summed E-state index contributed by atoms with van der Waals surface area (Å²) in [6.45, 7) is 5.60. The molecule has 3 aromatic carbocycles. The molecule has 1 aliphatic rings. The summed E-state index contributed by atoms with van der Waals surface area (Å²) >= 11 is 0. The minimum absolute atomic E-state index is 0.0391. The van der Waals surface area contributed by atoms with Crippen molar-refractivity contribution >= 4 is 17.6 Å². The molecule has 1 fully saturated rings. The third-order valence-electron chi connectivity index (χ3n) is 8.61. The molecule has 2 heterocycles. The summed E-state index contributed by atoms with van der Waals surface area (Å²) in [7, 11) is 3.11. The summed E-state index contributed by atoms with van der Waals surface area (Å²) < 4.78 is 31.1. The lowest BCUT2D eigenvalue weighted by Gasteiger charge is -2.40. The van der Waals surface area contributed by atoms with Crippen LogP contribution in [0.1, 0.15) is 50.6 Å². The van der Waals surface area contributed by atoms with Gasteiger partial charge in [0, 0.05) is 6.20 Å². The molecule has 1 unspecified atom stereocenters. The molecular weight excluding hydrogens is 674 g/mol. The highest BCUT2D eigenvalue weighted by molar-refractivity contribution is 5.81. The maximum Gasteiger partial charge on any atom is 0.351 e. The average molecular weight is 718 g/mol. The first-order chi connectivity index (χ1) is 24.8. The summed E-state index contributed by atoms with van der Waals surface area (Å²) in [5.74, 6) is -0.00318. The first-order valence-corrected chi connectivity index (χ1v) is 16.5. The molecular formula is C38H43N3O11. The Morgan fingerprint density at radius 2 is 1.46 bits per heavy atom. The van der Waals surface area contributed by atoms with Gasteiger partial charge in [0.2, 0.25) is 0 Å². The molecule has 5 rings (SSSR count). The Balaban J connectivity index is 1.60. The zero-order valence-electron chi connectivity index (χ0n) is 29.8. The fourth-order valence-electron chi connectivity index (χ4n) is 5.86. The topological polar surface area (TPSA) is 180 Å². The van der Waals surface area contributed by atoms with Gasteiger partial charge in [-0.25, -0.2) is 9.59 Å². The van der Waals surface area contributed by atoms with E-state index in [1.54, 1.807) is 59.3 Å². The minimum Gasteiger partial charge on any atom is -0.497 e. The number of nitrogen functional groups attached to an aromatic ring is 1. The number of benzene rings is 3. The van der Waals surface area contributed by atoms with Gasteiger partial charge < -0.3 is 34.5 Å². The van der Waals surface area contributed by atoms with Crippen molar-refractivity contribution in [3.05, 3.63) is 118 Å². The number of nitrogens with zero attached hydrogens (tertiary/aromatic N) is 2. The summed E-state index contributed by atoms with van der Waals surface area (Å²) in [5, 5.41) is 11.9. The minimum atomic E-state index is -1.59. The van der Waals surface area contributed by atoms with Crippen molar-refractivity contribution in [1.29, 1.82) is 0 Å². The number of aliphatic hydroxyl groups is 1. The van der Waals surface area contributed by atoms with E-state index in [1.165, 1.54) is 19.2 Å². The van der Waals surface area contributed by atoms with Crippen LogP contribution in [0.2, 0.25) is 0 Å². The summed E-state index contributed by atoms with van der Waals surface area (Å²) in [5.41, 5.74) is 4.51. The number of carbonyl (C=O) groups is 2. The quantitative estimate of drug-likeness (QED) is 0.0631. The largest absolute Gasteiger partial charge is 0.497 e. The number of anilines is 1. The van der Waals surface area contributed by atoms with Crippen LogP contribution in [-0.4, -0.2) is 71.8 Å². The molecule has 52 heavy (non-hydrogen) atoms. The molecule has 14 nitrogen and oxygen atoms in total. The number of ether oxygens (including phenoxy) is 5. The Kier molecular flexibility index (Phi) is 11.8. The summed E-state index contributed by atoms with van der Waals surface area (Å²) in [6, 6.07) is 25.0. The molecule has 14 heteroatoms. The van der Waals surface area contributed by atoms with Crippen molar-refractivity contribution in [2.75, 3.05) is 26.7 Å². The Bertz CT molecular complexity index is 1830.